The zero-order valence-corrected chi connectivity index (χ0v) is 11.0. The second-order valence-corrected chi connectivity index (χ2v) is 4.75. The van der Waals surface area contributed by atoms with E-state index in [-0.39, 0.29) is 6.04 Å². The number of aromatic nitrogens is 1. The number of anilines is 1. The molecule has 0 amide bonds. The van der Waals surface area contributed by atoms with Crippen molar-refractivity contribution in [3.05, 3.63) is 22.8 Å². The Hall–Kier alpha value is -0.610. The van der Waals surface area contributed by atoms with Crippen molar-refractivity contribution in [3.8, 4) is 0 Å². The first-order valence-corrected chi connectivity index (χ1v) is 5.96. The molecule has 0 radical (unpaired) electrons. The summed E-state index contributed by atoms with van der Waals surface area (Å²) in [5.41, 5.74) is 5.71. The van der Waals surface area contributed by atoms with Gasteiger partial charge in [-0.2, -0.15) is 0 Å². The SMILES string of the molecule is CC(C)N(c1ncccc1Br)C(C)CN. The molecule has 1 heterocycles. The van der Waals surface area contributed by atoms with Crippen molar-refractivity contribution in [2.45, 2.75) is 32.9 Å². The summed E-state index contributed by atoms with van der Waals surface area (Å²) in [7, 11) is 0. The lowest BCUT2D eigenvalue weighted by Gasteiger charge is -2.33. The van der Waals surface area contributed by atoms with Gasteiger partial charge in [-0.05, 0) is 48.8 Å². The molecule has 0 bridgehead atoms. The minimum Gasteiger partial charge on any atom is -0.349 e. The fourth-order valence-electron chi connectivity index (χ4n) is 1.64. The maximum Gasteiger partial charge on any atom is 0.143 e. The molecule has 1 aromatic rings. The van der Waals surface area contributed by atoms with E-state index < -0.39 is 0 Å². The van der Waals surface area contributed by atoms with E-state index in [2.05, 4.69) is 46.6 Å². The van der Waals surface area contributed by atoms with E-state index in [1.54, 1.807) is 6.20 Å². The Morgan fingerprint density at radius 1 is 1.47 bits per heavy atom. The highest BCUT2D eigenvalue weighted by atomic mass is 79.9. The zero-order chi connectivity index (χ0) is 11.4. The van der Waals surface area contributed by atoms with E-state index in [1.807, 2.05) is 12.1 Å². The van der Waals surface area contributed by atoms with Crippen molar-refractivity contribution in [2.24, 2.45) is 5.73 Å². The molecule has 1 aromatic heterocycles. The smallest absolute Gasteiger partial charge is 0.143 e. The summed E-state index contributed by atoms with van der Waals surface area (Å²) in [6, 6.07) is 4.59. The van der Waals surface area contributed by atoms with E-state index >= 15 is 0 Å². The largest absolute Gasteiger partial charge is 0.349 e. The second kappa shape index (κ2) is 5.47. The van der Waals surface area contributed by atoms with Gasteiger partial charge in [0, 0.05) is 24.8 Å². The van der Waals surface area contributed by atoms with Crippen LogP contribution in [0.2, 0.25) is 0 Å². The average molecular weight is 272 g/mol. The fraction of sp³-hybridized carbons (Fsp3) is 0.545. The van der Waals surface area contributed by atoms with Crippen molar-refractivity contribution in [1.29, 1.82) is 0 Å². The van der Waals surface area contributed by atoms with Gasteiger partial charge in [-0.3, -0.25) is 0 Å². The van der Waals surface area contributed by atoms with Crippen LogP contribution in [-0.2, 0) is 0 Å². The highest BCUT2D eigenvalue weighted by Crippen LogP contribution is 2.26. The number of halogens is 1. The highest BCUT2D eigenvalue weighted by Gasteiger charge is 2.19. The molecule has 0 saturated heterocycles. The van der Waals surface area contributed by atoms with Gasteiger partial charge in [0.05, 0.1) is 4.47 Å². The van der Waals surface area contributed by atoms with Crippen LogP contribution in [0.4, 0.5) is 5.82 Å². The number of rotatable bonds is 4. The predicted molar refractivity (Wildman–Crippen MR) is 68.1 cm³/mol. The molecule has 0 aliphatic heterocycles. The fourth-order valence-corrected chi connectivity index (χ4v) is 2.10. The summed E-state index contributed by atoms with van der Waals surface area (Å²) in [6.07, 6.45) is 1.80. The minimum absolute atomic E-state index is 0.288. The molecule has 3 nitrogen and oxygen atoms in total. The third-order valence-corrected chi connectivity index (χ3v) is 2.97. The van der Waals surface area contributed by atoms with Gasteiger partial charge in [-0.25, -0.2) is 4.98 Å². The number of hydrogen-bond acceptors (Lipinski definition) is 3. The lowest BCUT2D eigenvalue weighted by atomic mass is 10.2. The molecular weight excluding hydrogens is 254 g/mol. The quantitative estimate of drug-likeness (QED) is 0.915. The lowest BCUT2D eigenvalue weighted by molar-refractivity contribution is 0.573. The summed E-state index contributed by atoms with van der Waals surface area (Å²) in [5, 5.41) is 0. The monoisotopic (exact) mass is 271 g/mol. The first-order chi connectivity index (χ1) is 7.07. The van der Waals surface area contributed by atoms with E-state index in [9.17, 15) is 0 Å². The molecular formula is C11H18BrN3. The Morgan fingerprint density at radius 3 is 2.60 bits per heavy atom. The van der Waals surface area contributed by atoms with E-state index in [0.717, 1.165) is 10.3 Å². The molecule has 0 saturated carbocycles. The molecule has 84 valence electrons. The van der Waals surface area contributed by atoms with E-state index in [4.69, 9.17) is 5.73 Å². The maximum absolute atomic E-state index is 5.71. The molecule has 1 atom stereocenters. The summed E-state index contributed by atoms with van der Waals surface area (Å²) >= 11 is 3.52. The topological polar surface area (TPSA) is 42.2 Å². The number of pyridine rings is 1. The molecule has 0 spiro atoms. The molecule has 1 rings (SSSR count). The highest BCUT2D eigenvalue weighted by molar-refractivity contribution is 9.10. The van der Waals surface area contributed by atoms with Crippen LogP contribution in [0.3, 0.4) is 0 Å². The van der Waals surface area contributed by atoms with Crippen molar-refractivity contribution >= 4 is 21.7 Å². The molecule has 0 fully saturated rings. The molecule has 4 heteroatoms. The molecule has 0 aliphatic rings. The van der Waals surface area contributed by atoms with Gasteiger partial charge >= 0.3 is 0 Å². The van der Waals surface area contributed by atoms with Gasteiger partial charge in [0.2, 0.25) is 0 Å². The van der Waals surface area contributed by atoms with Crippen LogP contribution in [0.15, 0.2) is 22.8 Å². The lowest BCUT2D eigenvalue weighted by Crippen LogP contribution is -2.43. The van der Waals surface area contributed by atoms with E-state index in [1.165, 1.54) is 0 Å². The van der Waals surface area contributed by atoms with Crippen LogP contribution in [-0.4, -0.2) is 23.6 Å². The number of hydrogen-bond donors (Lipinski definition) is 1. The van der Waals surface area contributed by atoms with Crippen molar-refractivity contribution in [1.82, 2.24) is 4.98 Å². The van der Waals surface area contributed by atoms with Gasteiger partial charge in [-0.15, -0.1) is 0 Å². The number of nitrogens with zero attached hydrogens (tertiary/aromatic N) is 2. The summed E-state index contributed by atoms with van der Waals surface area (Å²) in [4.78, 5) is 6.62. The Kier molecular flexibility index (Phi) is 4.54. The third kappa shape index (κ3) is 2.92. The van der Waals surface area contributed by atoms with Crippen molar-refractivity contribution in [2.75, 3.05) is 11.4 Å². The summed E-state index contributed by atoms with van der Waals surface area (Å²) < 4.78 is 1.01. The second-order valence-electron chi connectivity index (χ2n) is 3.89. The van der Waals surface area contributed by atoms with Gasteiger partial charge in [-0.1, -0.05) is 0 Å². The standard InChI is InChI=1S/C11H18BrN3/c1-8(2)15(9(3)7-13)11-10(12)5-4-6-14-11/h4-6,8-9H,7,13H2,1-3H3. The maximum atomic E-state index is 5.71. The van der Waals surface area contributed by atoms with Gasteiger partial charge in [0.15, 0.2) is 0 Å². The van der Waals surface area contributed by atoms with Crippen molar-refractivity contribution in [3.63, 3.8) is 0 Å². The molecule has 1 unspecified atom stereocenters. The summed E-state index contributed by atoms with van der Waals surface area (Å²) in [5.74, 6) is 0.963. The summed E-state index contributed by atoms with van der Waals surface area (Å²) in [6.45, 7) is 7.03. The minimum atomic E-state index is 0.288. The Labute approximate surface area is 99.8 Å². The number of nitrogens with two attached hydrogens (primary N) is 1. The Bertz CT molecular complexity index is 314. The first kappa shape index (κ1) is 12.5. The predicted octanol–water partition coefficient (Wildman–Crippen LogP) is 2.41. The van der Waals surface area contributed by atoms with Crippen molar-refractivity contribution < 1.29 is 0 Å². The van der Waals surface area contributed by atoms with E-state index in [0.29, 0.717) is 12.6 Å². The van der Waals surface area contributed by atoms with Crippen LogP contribution >= 0.6 is 15.9 Å². The van der Waals surface area contributed by atoms with Crippen LogP contribution in [0.1, 0.15) is 20.8 Å². The van der Waals surface area contributed by atoms with Crippen LogP contribution in [0.5, 0.6) is 0 Å². The molecule has 15 heavy (non-hydrogen) atoms. The first-order valence-electron chi connectivity index (χ1n) is 5.16. The Balaban J connectivity index is 3.04. The molecule has 0 aliphatic carbocycles. The van der Waals surface area contributed by atoms with Crippen LogP contribution in [0.25, 0.3) is 0 Å². The van der Waals surface area contributed by atoms with Crippen LogP contribution < -0.4 is 10.6 Å². The molecule has 2 N–H and O–H groups in total. The normalized spacial score (nSPS) is 12.9. The van der Waals surface area contributed by atoms with Gasteiger partial charge in [0.1, 0.15) is 5.82 Å². The van der Waals surface area contributed by atoms with Crippen LogP contribution in [0, 0.1) is 0 Å². The Morgan fingerprint density at radius 2 is 2.13 bits per heavy atom. The van der Waals surface area contributed by atoms with Gasteiger partial charge in [0.25, 0.3) is 0 Å². The average Bonchev–Trinajstić information content (AvgIpc) is 2.20. The molecule has 0 aromatic carbocycles. The third-order valence-electron chi connectivity index (χ3n) is 2.36. The zero-order valence-electron chi connectivity index (χ0n) is 9.44. The van der Waals surface area contributed by atoms with Gasteiger partial charge < -0.3 is 10.6 Å².